The lowest BCUT2D eigenvalue weighted by atomic mass is 10.1. The Hall–Kier alpha value is -4.21. The van der Waals surface area contributed by atoms with Gasteiger partial charge in [-0.25, -0.2) is 9.67 Å². The summed E-state index contributed by atoms with van der Waals surface area (Å²) in [5.41, 5.74) is 7.85. The number of nitrogens with zero attached hydrogens (tertiary/aromatic N) is 8. The molecule has 0 amide bonds. The van der Waals surface area contributed by atoms with Crippen LogP contribution in [0.5, 0.6) is 0 Å². The zero-order valence-corrected chi connectivity index (χ0v) is 24.0. The summed E-state index contributed by atoms with van der Waals surface area (Å²) in [6, 6.07) is 22.9. The van der Waals surface area contributed by atoms with Gasteiger partial charge >= 0.3 is 0 Å². The van der Waals surface area contributed by atoms with Crippen molar-refractivity contribution in [2.24, 2.45) is 0 Å². The van der Waals surface area contributed by atoms with E-state index in [4.69, 9.17) is 9.97 Å². The summed E-state index contributed by atoms with van der Waals surface area (Å²) in [6.45, 7) is 13.5. The van der Waals surface area contributed by atoms with Crippen LogP contribution in [0.3, 0.4) is 0 Å². The van der Waals surface area contributed by atoms with Crippen molar-refractivity contribution < 1.29 is 0 Å². The minimum atomic E-state index is 0.583. The van der Waals surface area contributed by atoms with Gasteiger partial charge in [-0.05, 0) is 56.7 Å². The van der Waals surface area contributed by atoms with Crippen molar-refractivity contribution in [3.05, 3.63) is 84.2 Å². The quantitative estimate of drug-likeness (QED) is 0.283. The van der Waals surface area contributed by atoms with Gasteiger partial charge in [-0.15, -0.1) is 5.10 Å². The Morgan fingerprint density at radius 2 is 1.68 bits per heavy atom. The number of fused-ring (bicyclic) bond motifs is 1. The molecule has 210 valence electrons. The summed E-state index contributed by atoms with van der Waals surface area (Å²) in [5, 5.41) is 12.7. The molecule has 0 spiro atoms. The molecule has 1 fully saturated rings. The second kappa shape index (κ2) is 12.1. The normalized spacial score (nSPS) is 14.6. The minimum absolute atomic E-state index is 0.583. The topological polar surface area (TPSA) is 87.9 Å². The summed E-state index contributed by atoms with van der Waals surface area (Å²) < 4.78 is 1.91. The molecule has 9 heteroatoms. The van der Waals surface area contributed by atoms with Crippen LogP contribution in [-0.4, -0.2) is 85.1 Å². The Bertz CT molecular complexity index is 1600. The third-order valence-electron chi connectivity index (χ3n) is 7.72. The van der Waals surface area contributed by atoms with E-state index in [1.807, 2.05) is 66.3 Å². The highest BCUT2D eigenvalue weighted by Crippen LogP contribution is 2.30. The lowest BCUT2D eigenvalue weighted by Crippen LogP contribution is -2.49. The van der Waals surface area contributed by atoms with Gasteiger partial charge in [-0.3, -0.25) is 19.8 Å². The smallest absolute Gasteiger partial charge is 0.141 e. The van der Waals surface area contributed by atoms with E-state index in [1.165, 1.54) is 0 Å². The number of piperazine rings is 1. The first-order chi connectivity index (χ1) is 20.0. The SMILES string of the molecule is Cc1cccc(-c2nnn(Cc3ccccc3)c2-c2ccc3ncc(NCCN4CCN(C(C)C)CC4)cc3n2)n1. The highest BCUT2D eigenvalue weighted by molar-refractivity contribution is 5.83. The molecule has 0 atom stereocenters. The molecule has 0 aliphatic carbocycles. The van der Waals surface area contributed by atoms with E-state index in [0.29, 0.717) is 12.6 Å². The number of hydrogen-bond donors (Lipinski definition) is 1. The van der Waals surface area contributed by atoms with Crippen LogP contribution in [0.2, 0.25) is 0 Å². The van der Waals surface area contributed by atoms with Gasteiger partial charge in [0.1, 0.15) is 11.4 Å². The van der Waals surface area contributed by atoms with Crippen LogP contribution in [0, 0.1) is 6.92 Å². The van der Waals surface area contributed by atoms with Gasteiger partial charge in [0.2, 0.25) is 0 Å². The van der Waals surface area contributed by atoms with E-state index in [1.54, 1.807) is 0 Å². The zero-order valence-electron chi connectivity index (χ0n) is 24.0. The van der Waals surface area contributed by atoms with E-state index < -0.39 is 0 Å². The standard InChI is InChI=1S/C32H37N9/c1-23(2)40-18-16-39(17-19-40)15-14-33-26-20-30-27(34-21-26)12-13-29(36-30)32-31(28-11-7-8-24(3)35-28)37-38-41(32)22-25-9-5-4-6-10-25/h4-13,20-21,23,33H,14-19,22H2,1-3H3. The van der Waals surface area contributed by atoms with Crippen LogP contribution in [0.1, 0.15) is 25.1 Å². The first-order valence-corrected chi connectivity index (χ1v) is 14.4. The number of aryl methyl sites for hydroxylation is 1. The van der Waals surface area contributed by atoms with Crippen LogP contribution in [-0.2, 0) is 6.54 Å². The molecule has 0 radical (unpaired) electrons. The number of nitrogens with one attached hydrogen (secondary N) is 1. The van der Waals surface area contributed by atoms with Gasteiger partial charge in [0.05, 0.1) is 40.9 Å². The molecule has 0 unspecified atom stereocenters. The van der Waals surface area contributed by atoms with Gasteiger partial charge in [0.25, 0.3) is 0 Å². The van der Waals surface area contributed by atoms with Crippen molar-refractivity contribution in [2.75, 3.05) is 44.6 Å². The Balaban J connectivity index is 1.25. The van der Waals surface area contributed by atoms with Crippen LogP contribution in [0.4, 0.5) is 5.69 Å². The monoisotopic (exact) mass is 547 g/mol. The predicted molar refractivity (Wildman–Crippen MR) is 164 cm³/mol. The maximum atomic E-state index is 5.06. The highest BCUT2D eigenvalue weighted by atomic mass is 15.4. The molecule has 5 heterocycles. The lowest BCUT2D eigenvalue weighted by Gasteiger charge is -2.36. The van der Waals surface area contributed by atoms with E-state index in [0.717, 1.165) is 90.0 Å². The van der Waals surface area contributed by atoms with E-state index in [9.17, 15) is 0 Å². The first kappa shape index (κ1) is 27.0. The average Bonchev–Trinajstić information content (AvgIpc) is 3.41. The summed E-state index contributed by atoms with van der Waals surface area (Å²) in [6.07, 6.45) is 1.89. The Morgan fingerprint density at radius 3 is 2.46 bits per heavy atom. The van der Waals surface area contributed by atoms with E-state index >= 15 is 0 Å². The van der Waals surface area contributed by atoms with Crippen molar-refractivity contribution in [2.45, 2.75) is 33.4 Å². The molecule has 6 rings (SSSR count). The lowest BCUT2D eigenvalue weighted by molar-refractivity contribution is 0.111. The zero-order chi connectivity index (χ0) is 28.2. The van der Waals surface area contributed by atoms with Gasteiger partial charge in [0.15, 0.2) is 0 Å². The molecular formula is C32H37N9. The molecule has 0 saturated carbocycles. The van der Waals surface area contributed by atoms with Gasteiger partial charge < -0.3 is 5.32 Å². The third-order valence-corrected chi connectivity index (χ3v) is 7.72. The largest absolute Gasteiger partial charge is 0.382 e. The predicted octanol–water partition coefficient (Wildman–Crippen LogP) is 4.74. The summed E-state index contributed by atoms with van der Waals surface area (Å²) in [4.78, 5) is 19.6. The molecule has 0 bridgehead atoms. The van der Waals surface area contributed by atoms with Crippen LogP contribution in [0.15, 0.2) is 72.9 Å². The van der Waals surface area contributed by atoms with Crippen LogP contribution in [0.25, 0.3) is 33.8 Å². The number of pyridine rings is 3. The van der Waals surface area contributed by atoms with E-state index in [2.05, 4.69) is 62.5 Å². The molecule has 5 aromatic rings. The van der Waals surface area contributed by atoms with Gasteiger partial charge in [-0.2, -0.15) is 0 Å². The molecule has 9 nitrogen and oxygen atoms in total. The van der Waals surface area contributed by atoms with Gasteiger partial charge in [-0.1, -0.05) is 41.6 Å². The second-order valence-corrected chi connectivity index (χ2v) is 11.0. The average molecular weight is 548 g/mol. The molecular weight excluding hydrogens is 510 g/mol. The second-order valence-electron chi connectivity index (χ2n) is 11.0. The number of hydrogen-bond acceptors (Lipinski definition) is 8. The maximum Gasteiger partial charge on any atom is 0.141 e. The van der Waals surface area contributed by atoms with Crippen molar-refractivity contribution in [3.8, 4) is 22.8 Å². The van der Waals surface area contributed by atoms with Crippen molar-refractivity contribution >= 4 is 16.7 Å². The maximum absolute atomic E-state index is 5.06. The molecule has 1 aromatic carbocycles. The molecule has 1 N–H and O–H groups in total. The fourth-order valence-corrected chi connectivity index (χ4v) is 5.38. The van der Waals surface area contributed by atoms with Crippen LogP contribution < -0.4 is 5.32 Å². The fraction of sp³-hybridized carbons (Fsp3) is 0.344. The number of benzene rings is 1. The highest BCUT2D eigenvalue weighted by Gasteiger charge is 2.21. The number of rotatable bonds is 9. The Labute approximate surface area is 241 Å². The molecule has 41 heavy (non-hydrogen) atoms. The Morgan fingerprint density at radius 1 is 0.854 bits per heavy atom. The van der Waals surface area contributed by atoms with Crippen molar-refractivity contribution in [1.29, 1.82) is 0 Å². The molecule has 1 saturated heterocycles. The molecule has 1 aliphatic rings. The van der Waals surface area contributed by atoms with Crippen molar-refractivity contribution in [1.82, 2.24) is 39.7 Å². The van der Waals surface area contributed by atoms with Crippen LogP contribution >= 0.6 is 0 Å². The summed E-state index contributed by atoms with van der Waals surface area (Å²) in [5.74, 6) is 0. The fourth-order valence-electron chi connectivity index (χ4n) is 5.38. The van der Waals surface area contributed by atoms with E-state index in [-0.39, 0.29) is 0 Å². The Kier molecular flexibility index (Phi) is 7.98. The first-order valence-electron chi connectivity index (χ1n) is 14.4. The summed E-state index contributed by atoms with van der Waals surface area (Å²) >= 11 is 0. The minimum Gasteiger partial charge on any atom is -0.382 e. The number of anilines is 1. The third kappa shape index (κ3) is 6.26. The van der Waals surface area contributed by atoms with Crippen molar-refractivity contribution in [3.63, 3.8) is 0 Å². The van der Waals surface area contributed by atoms with Gasteiger partial charge in [0, 0.05) is 51.0 Å². The summed E-state index contributed by atoms with van der Waals surface area (Å²) in [7, 11) is 0. The molecule has 4 aromatic heterocycles. The number of aromatic nitrogens is 6. The molecule has 1 aliphatic heterocycles.